The van der Waals surface area contributed by atoms with Crippen molar-refractivity contribution >= 4 is 22.5 Å². The summed E-state index contributed by atoms with van der Waals surface area (Å²) in [5.74, 6) is -0.334. The molecule has 0 spiro atoms. The molecule has 2 aromatic carbocycles. The number of hydrogen-bond acceptors (Lipinski definition) is 5. The summed E-state index contributed by atoms with van der Waals surface area (Å²) in [5, 5.41) is 23.5. The van der Waals surface area contributed by atoms with Crippen molar-refractivity contribution < 1.29 is 34.7 Å². The number of aliphatic hydroxyl groups is 2. The maximum atomic E-state index is 13.4. The highest BCUT2D eigenvalue weighted by Gasteiger charge is 2.52. The minimum Gasteiger partial charge on any atom is -0.395 e. The Balaban J connectivity index is 0.00000320. The van der Waals surface area contributed by atoms with Crippen molar-refractivity contribution in [3.63, 3.8) is 0 Å². The Morgan fingerprint density at radius 1 is 1.17 bits per heavy atom. The van der Waals surface area contributed by atoms with Gasteiger partial charge < -0.3 is 29.6 Å². The van der Waals surface area contributed by atoms with Gasteiger partial charge in [-0.25, -0.2) is 0 Å². The summed E-state index contributed by atoms with van der Waals surface area (Å²) < 4.78 is 37.9. The summed E-state index contributed by atoms with van der Waals surface area (Å²) in [5.41, 5.74) is 3.07. The number of aliphatic hydroxyl groups excluding tert-OH is 2. The molecule has 0 radical (unpaired) electrons. The number of carbonyl (C=O) groups excluding carboxylic acids is 1. The van der Waals surface area contributed by atoms with Gasteiger partial charge in [-0.15, -0.1) is 8.78 Å². The molecular weight excluding hydrogens is 470 g/mol. The van der Waals surface area contributed by atoms with Crippen LogP contribution in [-0.2, 0) is 22.2 Å². The number of fused-ring (bicyclic) bond motifs is 2. The standard InChI is InChI=1S/C27H30F2N2O5.H2/c1-15-9-18(10-16-11-22(25(2,3)4)31(23(15)16)13-19(33)14-32)30-24(34)26(7-8-26)17-5-6-20-21(12-17)36-27(28,29)35-20;/h5-6,9-12,19,32-33H,7-8,13-14H2,1-4H3,(H,30,34);1H/t19-;/m1./s1. The number of anilines is 1. The van der Waals surface area contributed by atoms with Crippen LogP contribution in [0.15, 0.2) is 36.4 Å². The third-order valence-corrected chi connectivity index (χ3v) is 6.95. The van der Waals surface area contributed by atoms with Crippen LogP contribution in [0.5, 0.6) is 11.5 Å². The number of nitrogens with zero attached hydrogens (tertiary/aromatic N) is 1. The lowest BCUT2D eigenvalue weighted by atomic mass is 9.92. The molecule has 3 N–H and O–H groups in total. The fraction of sp³-hybridized carbons (Fsp3) is 0.444. The highest BCUT2D eigenvalue weighted by molar-refractivity contribution is 6.03. The zero-order valence-electron chi connectivity index (χ0n) is 20.7. The topological polar surface area (TPSA) is 93.0 Å². The van der Waals surface area contributed by atoms with Crippen LogP contribution in [-0.4, -0.2) is 39.7 Å². The van der Waals surface area contributed by atoms with Crippen molar-refractivity contribution in [1.82, 2.24) is 4.57 Å². The number of carbonyl (C=O) groups is 1. The molecule has 3 aromatic rings. The van der Waals surface area contributed by atoms with E-state index in [0.29, 0.717) is 24.1 Å². The molecule has 1 atom stereocenters. The lowest BCUT2D eigenvalue weighted by Crippen LogP contribution is -2.28. The summed E-state index contributed by atoms with van der Waals surface area (Å²) in [6.07, 6.45) is -3.40. The molecular formula is C27H32F2N2O5. The van der Waals surface area contributed by atoms with Crippen LogP contribution in [0.1, 0.15) is 51.9 Å². The van der Waals surface area contributed by atoms with Gasteiger partial charge in [0.1, 0.15) is 0 Å². The van der Waals surface area contributed by atoms with E-state index in [1.54, 1.807) is 6.07 Å². The molecule has 7 nitrogen and oxygen atoms in total. The number of alkyl halides is 2. The normalized spacial score (nSPS) is 18.3. The Labute approximate surface area is 209 Å². The summed E-state index contributed by atoms with van der Waals surface area (Å²) in [6, 6.07) is 10.3. The van der Waals surface area contributed by atoms with Crippen molar-refractivity contribution in [3.8, 4) is 11.5 Å². The van der Waals surface area contributed by atoms with Gasteiger partial charge in [0, 0.05) is 23.6 Å². The summed E-state index contributed by atoms with van der Waals surface area (Å²) in [6.45, 7) is 8.11. The molecule has 1 amide bonds. The number of halogens is 2. The summed E-state index contributed by atoms with van der Waals surface area (Å²) >= 11 is 0. The van der Waals surface area contributed by atoms with Crippen LogP contribution in [0.2, 0.25) is 0 Å². The second kappa shape index (κ2) is 8.18. The van der Waals surface area contributed by atoms with Crippen molar-refractivity contribution in [1.29, 1.82) is 0 Å². The minimum absolute atomic E-state index is 0. The highest BCUT2D eigenvalue weighted by atomic mass is 19.3. The molecule has 2 heterocycles. The number of aromatic nitrogens is 1. The van der Waals surface area contributed by atoms with Crippen molar-refractivity contribution in [3.05, 3.63) is 53.2 Å². The first-order valence-corrected chi connectivity index (χ1v) is 12.0. The summed E-state index contributed by atoms with van der Waals surface area (Å²) in [4.78, 5) is 13.4. The van der Waals surface area contributed by atoms with Gasteiger partial charge >= 0.3 is 6.29 Å². The van der Waals surface area contributed by atoms with E-state index in [9.17, 15) is 23.8 Å². The van der Waals surface area contributed by atoms with Crippen LogP contribution in [0.3, 0.4) is 0 Å². The summed E-state index contributed by atoms with van der Waals surface area (Å²) in [7, 11) is 0. The van der Waals surface area contributed by atoms with Gasteiger partial charge in [-0.1, -0.05) is 26.8 Å². The lowest BCUT2D eigenvalue weighted by Gasteiger charge is -2.24. The van der Waals surface area contributed by atoms with Gasteiger partial charge in [-0.05, 0) is 61.2 Å². The van der Waals surface area contributed by atoms with E-state index in [-0.39, 0.29) is 37.4 Å². The Morgan fingerprint density at radius 2 is 1.86 bits per heavy atom. The molecule has 1 saturated carbocycles. The molecule has 1 aliphatic carbocycles. The van der Waals surface area contributed by atoms with Crippen molar-refractivity contribution in [2.45, 2.75) is 70.3 Å². The largest absolute Gasteiger partial charge is 0.586 e. The van der Waals surface area contributed by atoms with Gasteiger partial charge in [-0.3, -0.25) is 4.79 Å². The van der Waals surface area contributed by atoms with E-state index in [4.69, 9.17) is 0 Å². The average molecular weight is 503 g/mol. The van der Waals surface area contributed by atoms with Crippen LogP contribution in [0, 0.1) is 6.92 Å². The first kappa shape index (κ1) is 24.5. The molecule has 0 unspecified atom stereocenters. The van der Waals surface area contributed by atoms with Gasteiger partial charge in [0.2, 0.25) is 5.91 Å². The molecule has 0 saturated heterocycles. The molecule has 1 fully saturated rings. The third kappa shape index (κ3) is 4.20. The lowest BCUT2D eigenvalue weighted by molar-refractivity contribution is -0.286. The number of amides is 1. The molecule has 0 bridgehead atoms. The SMILES string of the molecule is Cc1cc(NC(=O)C2(c3ccc4c(c3)OC(F)(F)O4)CC2)cc2cc(C(C)(C)C)n(C[C@@H](O)CO)c12.[HH]. The van der Waals surface area contributed by atoms with Crippen LogP contribution >= 0.6 is 0 Å². The third-order valence-electron chi connectivity index (χ3n) is 6.95. The maximum absolute atomic E-state index is 13.4. The predicted molar refractivity (Wildman–Crippen MR) is 133 cm³/mol. The number of ether oxygens (including phenoxy) is 2. The Hall–Kier alpha value is -3.17. The molecule has 1 aromatic heterocycles. The second-order valence-electron chi connectivity index (χ2n) is 10.8. The number of rotatable bonds is 6. The molecule has 5 rings (SSSR count). The molecule has 194 valence electrons. The second-order valence-corrected chi connectivity index (χ2v) is 10.8. The van der Waals surface area contributed by atoms with Crippen LogP contribution < -0.4 is 14.8 Å². The van der Waals surface area contributed by atoms with Crippen LogP contribution in [0.25, 0.3) is 10.9 Å². The first-order valence-electron chi connectivity index (χ1n) is 12.0. The van der Waals surface area contributed by atoms with Crippen molar-refractivity contribution in [2.75, 3.05) is 11.9 Å². The number of hydrogen-bond donors (Lipinski definition) is 3. The van der Waals surface area contributed by atoms with E-state index in [1.165, 1.54) is 12.1 Å². The molecule has 9 heteroatoms. The number of aryl methyl sites for hydroxylation is 1. The predicted octanol–water partition coefficient (Wildman–Crippen LogP) is 4.84. The zero-order chi connectivity index (χ0) is 26.0. The maximum Gasteiger partial charge on any atom is 0.586 e. The molecule has 2 aliphatic rings. The van der Waals surface area contributed by atoms with E-state index in [2.05, 4.69) is 35.6 Å². The van der Waals surface area contributed by atoms with Gasteiger partial charge in [0.15, 0.2) is 11.5 Å². The smallest absolute Gasteiger partial charge is 0.395 e. The molecule has 36 heavy (non-hydrogen) atoms. The van der Waals surface area contributed by atoms with Gasteiger partial charge in [0.25, 0.3) is 0 Å². The highest BCUT2D eigenvalue weighted by Crippen LogP contribution is 2.52. The monoisotopic (exact) mass is 502 g/mol. The Bertz CT molecular complexity index is 1360. The first-order chi connectivity index (χ1) is 16.8. The molecule has 1 aliphatic heterocycles. The van der Waals surface area contributed by atoms with E-state index < -0.39 is 17.8 Å². The van der Waals surface area contributed by atoms with Crippen LogP contribution in [0.4, 0.5) is 14.5 Å². The Morgan fingerprint density at radius 3 is 2.50 bits per heavy atom. The van der Waals surface area contributed by atoms with E-state index in [0.717, 1.165) is 22.2 Å². The quantitative estimate of drug-likeness (QED) is 0.449. The average Bonchev–Trinajstić information content (AvgIpc) is 3.41. The fourth-order valence-electron chi connectivity index (χ4n) is 5.05. The minimum atomic E-state index is -3.71. The number of benzene rings is 2. The fourth-order valence-corrected chi connectivity index (χ4v) is 5.05. The van der Waals surface area contributed by atoms with Gasteiger partial charge in [0.05, 0.1) is 30.2 Å². The zero-order valence-corrected chi connectivity index (χ0v) is 20.7. The Kier molecular flexibility index (Phi) is 5.57. The number of nitrogens with one attached hydrogen (secondary N) is 1. The van der Waals surface area contributed by atoms with E-state index >= 15 is 0 Å². The van der Waals surface area contributed by atoms with E-state index in [1.807, 2.05) is 29.7 Å². The van der Waals surface area contributed by atoms with Crippen molar-refractivity contribution in [2.24, 2.45) is 0 Å². The van der Waals surface area contributed by atoms with Gasteiger partial charge in [-0.2, -0.15) is 0 Å².